The van der Waals surface area contributed by atoms with E-state index in [9.17, 15) is 5.11 Å². The molecule has 2 aromatic rings. The van der Waals surface area contributed by atoms with Gasteiger partial charge in [-0.05, 0) is 36.6 Å². The zero-order valence-electron chi connectivity index (χ0n) is 9.14. The zero-order valence-corrected chi connectivity index (χ0v) is 10.0. The molecule has 0 aromatic heterocycles. The first-order chi connectivity index (χ1) is 7.65. The van der Waals surface area contributed by atoms with E-state index in [0.29, 0.717) is 4.90 Å². The van der Waals surface area contributed by atoms with Crippen LogP contribution in [-0.2, 0) is 6.42 Å². The lowest BCUT2D eigenvalue weighted by atomic mass is 10.0. The van der Waals surface area contributed by atoms with Gasteiger partial charge in [-0.15, -0.1) is 12.6 Å². The SMILES string of the molecule is Cc1ccc(Cc2ccc(O)c(S)c2)cc1. The molecule has 0 amide bonds. The van der Waals surface area contributed by atoms with Crippen molar-refractivity contribution in [3.63, 3.8) is 0 Å². The number of phenols is 1. The Morgan fingerprint density at radius 2 is 1.62 bits per heavy atom. The summed E-state index contributed by atoms with van der Waals surface area (Å²) in [6.07, 6.45) is 0.869. The van der Waals surface area contributed by atoms with Gasteiger partial charge in [0.25, 0.3) is 0 Å². The Kier molecular flexibility index (Phi) is 3.20. The minimum absolute atomic E-state index is 0.232. The lowest BCUT2D eigenvalue weighted by Crippen LogP contribution is -1.88. The lowest BCUT2D eigenvalue weighted by Gasteiger charge is -2.04. The van der Waals surface area contributed by atoms with Gasteiger partial charge in [0.15, 0.2) is 0 Å². The van der Waals surface area contributed by atoms with Crippen LogP contribution in [0.5, 0.6) is 5.75 Å². The number of phenolic OH excluding ortho intramolecular Hbond substituents is 1. The van der Waals surface area contributed by atoms with Crippen LogP contribution in [0, 0.1) is 6.92 Å². The molecule has 2 aromatic carbocycles. The second kappa shape index (κ2) is 4.62. The lowest BCUT2D eigenvalue weighted by molar-refractivity contribution is 0.462. The molecule has 1 N–H and O–H groups in total. The van der Waals surface area contributed by atoms with E-state index in [0.717, 1.165) is 12.0 Å². The van der Waals surface area contributed by atoms with Crippen LogP contribution in [0.15, 0.2) is 47.4 Å². The Morgan fingerprint density at radius 3 is 2.25 bits per heavy atom. The summed E-state index contributed by atoms with van der Waals surface area (Å²) in [6, 6.07) is 14.0. The van der Waals surface area contributed by atoms with Crippen molar-refractivity contribution in [2.75, 3.05) is 0 Å². The van der Waals surface area contributed by atoms with Crippen LogP contribution < -0.4 is 0 Å². The van der Waals surface area contributed by atoms with Crippen LogP contribution in [0.2, 0.25) is 0 Å². The molecule has 0 fully saturated rings. The Balaban J connectivity index is 2.20. The molecule has 16 heavy (non-hydrogen) atoms. The highest BCUT2D eigenvalue weighted by atomic mass is 32.1. The van der Waals surface area contributed by atoms with Crippen molar-refractivity contribution in [1.82, 2.24) is 0 Å². The molecule has 82 valence electrons. The molecule has 0 unspecified atom stereocenters. The van der Waals surface area contributed by atoms with Gasteiger partial charge >= 0.3 is 0 Å². The van der Waals surface area contributed by atoms with Crippen molar-refractivity contribution < 1.29 is 5.11 Å². The third kappa shape index (κ3) is 2.58. The van der Waals surface area contributed by atoms with Gasteiger partial charge in [0.1, 0.15) is 5.75 Å². The number of hydrogen-bond donors (Lipinski definition) is 2. The molecule has 0 aliphatic carbocycles. The highest BCUT2D eigenvalue weighted by Crippen LogP contribution is 2.23. The fraction of sp³-hybridized carbons (Fsp3) is 0.143. The van der Waals surface area contributed by atoms with Gasteiger partial charge in [-0.3, -0.25) is 0 Å². The molecule has 0 saturated heterocycles. The maximum atomic E-state index is 9.37. The van der Waals surface area contributed by atoms with Gasteiger partial charge in [0, 0.05) is 4.90 Å². The molecule has 0 radical (unpaired) electrons. The van der Waals surface area contributed by atoms with Crippen LogP contribution in [0.3, 0.4) is 0 Å². The monoisotopic (exact) mass is 230 g/mol. The number of aryl methyl sites for hydroxylation is 1. The smallest absolute Gasteiger partial charge is 0.128 e. The van der Waals surface area contributed by atoms with Crippen LogP contribution in [0.1, 0.15) is 16.7 Å². The summed E-state index contributed by atoms with van der Waals surface area (Å²) >= 11 is 4.20. The Bertz CT molecular complexity index is 489. The Hall–Kier alpha value is -1.41. The summed E-state index contributed by atoms with van der Waals surface area (Å²) in [7, 11) is 0. The molecule has 2 heteroatoms. The third-order valence-corrected chi connectivity index (χ3v) is 2.93. The van der Waals surface area contributed by atoms with Gasteiger partial charge in [0.05, 0.1) is 0 Å². The van der Waals surface area contributed by atoms with Gasteiger partial charge in [0.2, 0.25) is 0 Å². The average Bonchev–Trinajstić information content (AvgIpc) is 2.27. The number of rotatable bonds is 2. The van der Waals surface area contributed by atoms with Gasteiger partial charge in [-0.25, -0.2) is 0 Å². The fourth-order valence-corrected chi connectivity index (χ4v) is 1.86. The van der Waals surface area contributed by atoms with Gasteiger partial charge in [-0.2, -0.15) is 0 Å². The highest BCUT2D eigenvalue weighted by Gasteiger charge is 2.00. The Morgan fingerprint density at radius 1 is 1.00 bits per heavy atom. The highest BCUT2D eigenvalue weighted by molar-refractivity contribution is 7.80. The second-order valence-corrected chi connectivity index (χ2v) is 4.47. The predicted octanol–water partition coefficient (Wildman–Crippen LogP) is 3.58. The van der Waals surface area contributed by atoms with E-state index < -0.39 is 0 Å². The number of benzene rings is 2. The molecule has 2 rings (SSSR count). The summed E-state index contributed by atoms with van der Waals surface area (Å²) in [5.74, 6) is 0.232. The van der Waals surface area contributed by atoms with Crippen molar-refractivity contribution in [1.29, 1.82) is 0 Å². The van der Waals surface area contributed by atoms with Crippen molar-refractivity contribution in [3.8, 4) is 5.75 Å². The normalized spacial score (nSPS) is 10.4. The van der Waals surface area contributed by atoms with E-state index in [1.807, 2.05) is 12.1 Å². The van der Waals surface area contributed by atoms with Crippen molar-refractivity contribution in [2.45, 2.75) is 18.2 Å². The van der Waals surface area contributed by atoms with Crippen LogP contribution >= 0.6 is 12.6 Å². The molecule has 0 saturated carbocycles. The topological polar surface area (TPSA) is 20.2 Å². The minimum atomic E-state index is 0.232. The summed E-state index contributed by atoms with van der Waals surface area (Å²) in [4.78, 5) is 0.629. The minimum Gasteiger partial charge on any atom is -0.507 e. The standard InChI is InChI=1S/C14H14OS/c1-10-2-4-11(5-3-10)8-12-6-7-13(15)14(16)9-12/h2-7,9,15-16H,8H2,1H3. The molecule has 1 nitrogen and oxygen atoms in total. The van der Waals surface area contributed by atoms with Crippen LogP contribution in [-0.4, -0.2) is 5.11 Å². The van der Waals surface area contributed by atoms with Crippen molar-refractivity contribution in [2.24, 2.45) is 0 Å². The summed E-state index contributed by atoms with van der Waals surface area (Å²) in [5, 5.41) is 9.37. The third-order valence-electron chi connectivity index (χ3n) is 2.57. The largest absolute Gasteiger partial charge is 0.507 e. The number of aromatic hydroxyl groups is 1. The van der Waals surface area contributed by atoms with Crippen LogP contribution in [0.25, 0.3) is 0 Å². The van der Waals surface area contributed by atoms with Crippen molar-refractivity contribution in [3.05, 3.63) is 59.2 Å². The van der Waals surface area contributed by atoms with E-state index in [-0.39, 0.29) is 5.75 Å². The van der Waals surface area contributed by atoms with Crippen LogP contribution in [0.4, 0.5) is 0 Å². The molecule has 0 aliphatic heterocycles. The van der Waals surface area contributed by atoms with E-state index in [1.165, 1.54) is 11.1 Å². The van der Waals surface area contributed by atoms with E-state index >= 15 is 0 Å². The van der Waals surface area contributed by atoms with Gasteiger partial charge in [-0.1, -0.05) is 35.9 Å². The molecule has 0 bridgehead atoms. The van der Waals surface area contributed by atoms with E-state index in [1.54, 1.807) is 6.07 Å². The van der Waals surface area contributed by atoms with E-state index in [4.69, 9.17) is 0 Å². The molecule has 0 aliphatic rings. The van der Waals surface area contributed by atoms with E-state index in [2.05, 4.69) is 43.8 Å². The summed E-state index contributed by atoms with van der Waals surface area (Å²) in [6.45, 7) is 2.08. The maximum absolute atomic E-state index is 9.37. The first-order valence-electron chi connectivity index (χ1n) is 5.21. The summed E-state index contributed by atoms with van der Waals surface area (Å²) < 4.78 is 0. The zero-order chi connectivity index (χ0) is 11.5. The second-order valence-electron chi connectivity index (χ2n) is 3.99. The Labute approximate surface area is 101 Å². The van der Waals surface area contributed by atoms with Gasteiger partial charge < -0.3 is 5.11 Å². The first-order valence-corrected chi connectivity index (χ1v) is 5.66. The van der Waals surface area contributed by atoms with Crippen molar-refractivity contribution >= 4 is 12.6 Å². The molecule has 0 atom stereocenters. The molecule has 0 spiro atoms. The molecule has 0 heterocycles. The quantitative estimate of drug-likeness (QED) is 0.756. The predicted molar refractivity (Wildman–Crippen MR) is 69.3 cm³/mol. The molecular weight excluding hydrogens is 216 g/mol. The summed E-state index contributed by atoms with van der Waals surface area (Å²) in [5.41, 5.74) is 3.69. The maximum Gasteiger partial charge on any atom is 0.128 e. The first kappa shape index (κ1) is 11.1. The molecular formula is C14H14OS. The fourth-order valence-electron chi connectivity index (χ4n) is 1.62. The average molecular weight is 230 g/mol. The number of thiol groups is 1. The number of hydrogen-bond acceptors (Lipinski definition) is 2.